The van der Waals surface area contributed by atoms with Crippen LogP contribution >= 0.6 is 11.6 Å². The number of fused-ring (bicyclic) bond motifs is 1. The van der Waals surface area contributed by atoms with Crippen LogP contribution in [0.5, 0.6) is 0 Å². The van der Waals surface area contributed by atoms with Crippen LogP contribution in [0, 0.1) is 5.41 Å². The van der Waals surface area contributed by atoms with Crippen molar-refractivity contribution in [2.24, 2.45) is 5.41 Å². The number of nitrogens with zero attached hydrogens (tertiary/aromatic N) is 1. The van der Waals surface area contributed by atoms with Crippen molar-refractivity contribution >= 4 is 17.7 Å². The van der Waals surface area contributed by atoms with Crippen LogP contribution in [0.2, 0.25) is 5.02 Å². The molecule has 1 aliphatic carbocycles. The minimum atomic E-state index is -4.52. The zero-order valence-electron chi connectivity index (χ0n) is 13.0. The van der Waals surface area contributed by atoms with Crippen molar-refractivity contribution in [2.75, 3.05) is 26.8 Å². The van der Waals surface area contributed by atoms with E-state index in [0.717, 1.165) is 6.07 Å². The molecule has 0 aromatic heterocycles. The van der Waals surface area contributed by atoms with Gasteiger partial charge >= 0.3 is 12.3 Å². The van der Waals surface area contributed by atoms with Crippen molar-refractivity contribution in [3.05, 3.63) is 34.3 Å². The molecule has 1 amide bonds. The van der Waals surface area contributed by atoms with Crippen LogP contribution in [-0.2, 0) is 16.3 Å². The summed E-state index contributed by atoms with van der Waals surface area (Å²) in [7, 11) is 1.51. The average molecular weight is 364 g/mol. The average Bonchev–Trinajstić information content (AvgIpc) is 3.15. The molecule has 2 fully saturated rings. The van der Waals surface area contributed by atoms with Gasteiger partial charge in [0.1, 0.15) is 0 Å². The van der Waals surface area contributed by atoms with Gasteiger partial charge in [-0.15, -0.1) is 0 Å². The molecule has 1 aromatic carbocycles. The van der Waals surface area contributed by atoms with Gasteiger partial charge in [0.15, 0.2) is 0 Å². The van der Waals surface area contributed by atoms with E-state index in [1.165, 1.54) is 18.1 Å². The van der Waals surface area contributed by atoms with Gasteiger partial charge in [0, 0.05) is 31.0 Å². The Bertz CT molecular complexity index is 681. The van der Waals surface area contributed by atoms with E-state index in [1.54, 1.807) is 6.07 Å². The van der Waals surface area contributed by atoms with Crippen molar-refractivity contribution in [1.82, 2.24) is 4.90 Å². The van der Waals surface area contributed by atoms with Crippen molar-refractivity contribution in [1.29, 1.82) is 0 Å². The molecule has 132 valence electrons. The number of hydrogen-bond acceptors (Lipinski definition) is 2. The number of rotatable bonds is 3. The number of halogens is 4. The molecule has 1 saturated heterocycles. The highest BCUT2D eigenvalue weighted by Crippen LogP contribution is 2.69. The number of methoxy groups -OCH3 is 1. The van der Waals surface area contributed by atoms with Crippen LogP contribution in [0.1, 0.15) is 24.0 Å². The number of likely N-dealkylation sites (tertiary alicyclic amines) is 1. The molecule has 1 aromatic rings. The lowest BCUT2D eigenvalue weighted by molar-refractivity contribution is -0.137. The number of benzene rings is 1. The number of carboxylic acid groups (broad SMARTS) is 1. The van der Waals surface area contributed by atoms with Gasteiger partial charge in [-0.05, 0) is 30.5 Å². The fourth-order valence-electron chi connectivity index (χ4n) is 4.13. The van der Waals surface area contributed by atoms with Gasteiger partial charge in [0.25, 0.3) is 0 Å². The predicted molar refractivity (Wildman–Crippen MR) is 81.3 cm³/mol. The molecular weight excluding hydrogens is 347 g/mol. The van der Waals surface area contributed by atoms with Gasteiger partial charge in [-0.2, -0.15) is 13.2 Å². The molecule has 2 aliphatic rings. The standard InChI is InChI=1S/C16H17ClF3NO3/c1-24-9-14-7-15(14,4-5-21(8-14)13(22)23)10-2-3-12(17)11(6-10)16(18,19)20/h2-3,6H,4-5,7-9H2,1H3,(H,22,23)/t14?,15-/m1/s1. The monoisotopic (exact) mass is 363 g/mol. The third-order valence-corrected chi connectivity index (χ3v) is 5.68. The summed E-state index contributed by atoms with van der Waals surface area (Å²) in [5, 5.41) is 8.89. The molecule has 1 saturated carbocycles. The molecule has 0 bridgehead atoms. The Hall–Kier alpha value is -1.47. The number of piperidine rings is 1. The summed E-state index contributed by atoms with van der Waals surface area (Å²) in [5.41, 5.74) is -1.26. The van der Waals surface area contributed by atoms with Crippen LogP contribution in [0.4, 0.5) is 18.0 Å². The quantitative estimate of drug-likeness (QED) is 0.882. The number of carbonyl (C=O) groups is 1. The highest BCUT2D eigenvalue weighted by molar-refractivity contribution is 6.31. The van der Waals surface area contributed by atoms with Crippen LogP contribution in [0.25, 0.3) is 0 Å². The summed E-state index contributed by atoms with van der Waals surface area (Å²) in [4.78, 5) is 12.6. The van der Waals surface area contributed by atoms with E-state index < -0.39 is 28.7 Å². The molecule has 1 unspecified atom stereocenters. The highest BCUT2D eigenvalue weighted by atomic mass is 35.5. The molecule has 1 N–H and O–H groups in total. The molecule has 0 radical (unpaired) electrons. The van der Waals surface area contributed by atoms with Gasteiger partial charge in [0.05, 0.1) is 17.2 Å². The van der Waals surface area contributed by atoms with E-state index >= 15 is 0 Å². The van der Waals surface area contributed by atoms with Crippen LogP contribution in [0.3, 0.4) is 0 Å². The van der Waals surface area contributed by atoms with E-state index in [0.29, 0.717) is 31.6 Å². The first-order chi connectivity index (χ1) is 11.2. The Balaban J connectivity index is 1.99. The van der Waals surface area contributed by atoms with Crippen LogP contribution in [-0.4, -0.2) is 42.9 Å². The first kappa shape index (κ1) is 17.4. The number of ether oxygens (including phenoxy) is 1. The van der Waals surface area contributed by atoms with Gasteiger partial charge in [-0.1, -0.05) is 17.7 Å². The second kappa shape index (κ2) is 5.52. The number of alkyl halides is 3. The Labute approximate surface area is 142 Å². The van der Waals surface area contributed by atoms with E-state index in [1.807, 2.05) is 0 Å². The van der Waals surface area contributed by atoms with Crippen LogP contribution in [0.15, 0.2) is 18.2 Å². The maximum Gasteiger partial charge on any atom is 0.417 e. The Morgan fingerprint density at radius 3 is 2.75 bits per heavy atom. The maximum atomic E-state index is 13.2. The summed E-state index contributed by atoms with van der Waals surface area (Å²) < 4.78 is 44.7. The van der Waals surface area contributed by atoms with E-state index in [2.05, 4.69) is 0 Å². The van der Waals surface area contributed by atoms with Gasteiger partial charge < -0.3 is 14.7 Å². The first-order valence-electron chi connectivity index (χ1n) is 7.49. The summed E-state index contributed by atoms with van der Waals surface area (Å²) in [6, 6.07) is 4.00. The minimum absolute atomic E-state index is 0.264. The van der Waals surface area contributed by atoms with Gasteiger partial charge in [-0.25, -0.2) is 4.79 Å². The minimum Gasteiger partial charge on any atom is -0.465 e. The number of hydrogen-bond donors (Lipinski definition) is 1. The van der Waals surface area contributed by atoms with Crippen molar-refractivity contribution < 1.29 is 27.8 Å². The summed E-state index contributed by atoms with van der Waals surface area (Å²) in [5.74, 6) is 0. The third kappa shape index (κ3) is 2.54. The summed E-state index contributed by atoms with van der Waals surface area (Å²) >= 11 is 5.71. The zero-order valence-corrected chi connectivity index (χ0v) is 13.7. The Kier molecular flexibility index (Phi) is 3.99. The predicted octanol–water partition coefficient (Wildman–Crippen LogP) is 4.02. The normalized spacial score (nSPS) is 29.3. The Morgan fingerprint density at radius 2 is 2.17 bits per heavy atom. The molecule has 1 aliphatic heterocycles. The third-order valence-electron chi connectivity index (χ3n) is 5.35. The molecule has 24 heavy (non-hydrogen) atoms. The molecule has 0 spiro atoms. The molecule has 3 rings (SSSR count). The second-order valence-electron chi connectivity index (χ2n) is 6.62. The number of amides is 1. The van der Waals surface area contributed by atoms with Crippen molar-refractivity contribution in [2.45, 2.75) is 24.4 Å². The lowest BCUT2D eigenvalue weighted by Crippen LogP contribution is -2.46. The Morgan fingerprint density at radius 1 is 1.46 bits per heavy atom. The van der Waals surface area contributed by atoms with Crippen molar-refractivity contribution in [3.8, 4) is 0 Å². The zero-order chi connectivity index (χ0) is 17.8. The van der Waals surface area contributed by atoms with Crippen molar-refractivity contribution in [3.63, 3.8) is 0 Å². The molecule has 1 heterocycles. The lowest BCUT2D eigenvalue weighted by atomic mass is 9.80. The lowest BCUT2D eigenvalue weighted by Gasteiger charge is -2.36. The fraction of sp³-hybridized carbons (Fsp3) is 0.562. The largest absolute Gasteiger partial charge is 0.465 e. The maximum absolute atomic E-state index is 13.2. The van der Waals surface area contributed by atoms with Gasteiger partial charge in [0.2, 0.25) is 0 Å². The molecular formula is C16H17ClF3NO3. The smallest absolute Gasteiger partial charge is 0.417 e. The first-order valence-corrected chi connectivity index (χ1v) is 7.87. The molecule has 8 heteroatoms. The summed E-state index contributed by atoms with van der Waals surface area (Å²) in [6.45, 7) is 0.867. The molecule has 2 atom stereocenters. The SMILES string of the molecule is COCC12CN(C(=O)O)CC[C@]1(c1ccc(Cl)c(C(F)(F)F)c1)C2. The van der Waals surface area contributed by atoms with Gasteiger partial charge in [-0.3, -0.25) is 0 Å². The topological polar surface area (TPSA) is 49.8 Å². The van der Waals surface area contributed by atoms with E-state index in [-0.39, 0.29) is 11.6 Å². The molecule has 4 nitrogen and oxygen atoms in total. The second-order valence-corrected chi connectivity index (χ2v) is 7.03. The van der Waals surface area contributed by atoms with Crippen LogP contribution < -0.4 is 0 Å². The fourth-order valence-corrected chi connectivity index (χ4v) is 4.36. The van der Waals surface area contributed by atoms with E-state index in [9.17, 15) is 23.1 Å². The summed E-state index contributed by atoms with van der Waals surface area (Å²) in [6.07, 6.45) is -4.46. The highest BCUT2D eigenvalue weighted by Gasteiger charge is 2.70. The van der Waals surface area contributed by atoms with E-state index in [4.69, 9.17) is 16.3 Å².